The molecule has 0 bridgehead atoms. The van der Waals surface area contributed by atoms with Crippen LogP contribution >= 0.6 is 0 Å². The van der Waals surface area contributed by atoms with Crippen LogP contribution in [0.4, 0.5) is 51.2 Å². The normalized spacial score (nSPS) is 13.4. The number of benzene rings is 13. The zero-order valence-corrected chi connectivity index (χ0v) is 58.6. The predicted molar refractivity (Wildman–Crippen MR) is 423 cm³/mol. The van der Waals surface area contributed by atoms with Crippen LogP contribution in [0.5, 0.6) is 11.5 Å². The minimum absolute atomic E-state index is 0.0410. The summed E-state index contributed by atoms with van der Waals surface area (Å²) in [6.07, 6.45) is 0. The van der Waals surface area contributed by atoms with E-state index in [0.29, 0.717) is 0 Å². The number of nitrogens with zero attached hydrogens (tertiary/aromatic N) is 4. The van der Waals surface area contributed by atoms with Gasteiger partial charge in [0.1, 0.15) is 11.5 Å². The molecule has 7 heteroatoms. The molecule has 5 nitrogen and oxygen atoms in total. The molecule has 0 N–H and O–H groups in total. The van der Waals surface area contributed by atoms with Crippen LogP contribution in [-0.4, -0.2) is 18.0 Å². The molecule has 0 amide bonds. The first-order chi connectivity index (χ1) is 47.9. The van der Waals surface area contributed by atoms with Gasteiger partial charge in [-0.05, 0) is 254 Å². The van der Waals surface area contributed by atoms with Gasteiger partial charge in [0.25, 0.3) is 13.4 Å². The summed E-state index contributed by atoms with van der Waals surface area (Å²) in [5.74, 6) is 1.70. The van der Waals surface area contributed by atoms with Crippen molar-refractivity contribution in [2.75, 3.05) is 14.7 Å². The predicted octanol–water partition coefficient (Wildman–Crippen LogP) is 20.7. The van der Waals surface area contributed by atoms with Gasteiger partial charge in [0.05, 0.1) is 16.7 Å². The van der Waals surface area contributed by atoms with Crippen molar-refractivity contribution in [3.05, 3.63) is 299 Å². The van der Waals surface area contributed by atoms with Gasteiger partial charge in [-0.25, -0.2) is 0 Å². The van der Waals surface area contributed by atoms with E-state index >= 15 is 0 Å². The van der Waals surface area contributed by atoms with Crippen LogP contribution in [0.2, 0.25) is 0 Å². The molecule has 18 rings (SSSR count). The second-order valence-electron chi connectivity index (χ2n) is 30.4. The molecule has 0 saturated heterocycles. The van der Waals surface area contributed by atoms with E-state index in [1.807, 2.05) is 0 Å². The number of hydrogen-bond acceptors (Lipinski definition) is 4. The zero-order chi connectivity index (χ0) is 67.7. The van der Waals surface area contributed by atoms with Gasteiger partial charge in [0.2, 0.25) is 0 Å². The van der Waals surface area contributed by atoms with Crippen LogP contribution in [0.25, 0.3) is 60.9 Å². The summed E-state index contributed by atoms with van der Waals surface area (Å²) in [6.45, 7) is 27.0. The molecule has 0 saturated carbocycles. The van der Waals surface area contributed by atoms with Gasteiger partial charge in [-0.2, -0.15) is 0 Å². The maximum atomic E-state index is 7.91. The molecule has 4 aliphatic heterocycles. The first-order valence-corrected chi connectivity index (χ1v) is 35.2. The lowest BCUT2D eigenvalue weighted by atomic mass is 9.30. The second-order valence-corrected chi connectivity index (χ2v) is 30.4. The number of aryl methyl sites for hydroxylation is 6. The number of aromatic nitrogens is 1. The van der Waals surface area contributed by atoms with E-state index in [2.05, 4.69) is 357 Å². The molecule has 478 valence electrons. The maximum Gasteiger partial charge on any atom is 0.256 e. The fourth-order valence-corrected chi connectivity index (χ4v) is 17.4. The first-order valence-electron chi connectivity index (χ1n) is 35.2. The first kappa shape index (κ1) is 60.4. The molecule has 0 fully saturated rings. The summed E-state index contributed by atoms with van der Waals surface area (Å²) in [5, 5.41) is 2.50. The van der Waals surface area contributed by atoms with Crippen LogP contribution in [-0.2, 0) is 10.8 Å². The fourth-order valence-electron chi connectivity index (χ4n) is 17.4. The summed E-state index contributed by atoms with van der Waals surface area (Å²) in [7, 11) is 0. The molecule has 0 spiro atoms. The zero-order valence-electron chi connectivity index (χ0n) is 58.6. The Morgan fingerprint density at radius 1 is 0.283 bits per heavy atom. The van der Waals surface area contributed by atoms with E-state index in [1.165, 1.54) is 127 Å². The maximum absolute atomic E-state index is 7.91. The van der Waals surface area contributed by atoms with Crippen molar-refractivity contribution < 1.29 is 4.74 Å². The van der Waals surface area contributed by atoms with E-state index in [-0.39, 0.29) is 24.3 Å². The number of ether oxygens (including phenoxy) is 1. The van der Waals surface area contributed by atoms with E-state index in [9.17, 15) is 0 Å². The highest BCUT2D eigenvalue weighted by Gasteiger charge is 2.48. The molecule has 14 aromatic rings. The van der Waals surface area contributed by atoms with E-state index in [4.69, 9.17) is 4.74 Å². The summed E-state index contributed by atoms with van der Waals surface area (Å²) in [6, 6.07) is 97.1. The smallest absolute Gasteiger partial charge is 0.256 e. The van der Waals surface area contributed by atoms with Crippen LogP contribution in [0, 0.1) is 41.5 Å². The van der Waals surface area contributed by atoms with Gasteiger partial charge in [-0.3, -0.25) is 0 Å². The Balaban J connectivity index is 0.926. The van der Waals surface area contributed by atoms with Crippen molar-refractivity contribution in [2.24, 2.45) is 0 Å². The minimum atomic E-state index is -0.206. The molecule has 1 aromatic heterocycles. The second kappa shape index (κ2) is 22.3. The van der Waals surface area contributed by atoms with Crippen molar-refractivity contribution >= 4 is 119 Å². The molecular weight excluding hydrogens is 1200 g/mol. The lowest BCUT2D eigenvalue weighted by Gasteiger charge is -2.46. The number of hydrogen-bond donors (Lipinski definition) is 0. The number of rotatable bonds is 7. The molecule has 99 heavy (non-hydrogen) atoms. The molecule has 0 aliphatic carbocycles. The van der Waals surface area contributed by atoms with Gasteiger partial charge >= 0.3 is 0 Å². The molecule has 13 aromatic carbocycles. The minimum Gasteiger partial charge on any atom is -0.458 e. The lowest BCUT2D eigenvalue weighted by Crippen LogP contribution is -2.64. The third-order valence-corrected chi connectivity index (χ3v) is 22.1. The van der Waals surface area contributed by atoms with Crippen molar-refractivity contribution in [1.82, 2.24) is 4.57 Å². The van der Waals surface area contributed by atoms with E-state index in [1.54, 1.807) is 0 Å². The van der Waals surface area contributed by atoms with Crippen LogP contribution in [0.3, 0.4) is 0 Å². The third kappa shape index (κ3) is 9.37. The topological polar surface area (TPSA) is 23.9 Å². The number of para-hydroxylation sites is 3. The monoisotopic (exact) mass is 1280 g/mol. The summed E-state index contributed by atoms with van der Waals surface area (Å²) in [4.78, 5) is 7.64. The van der Waals surface area contributed by atoms with Crippen LogP contribution in [0.1, 0.15) is 86.1 Å². The van der Waals surface area contributed by atoms with Gasteiger partial charge < -0.3 is 24.0 Å². The van der Waals surface area contributed by atoms with Crippen molar-refractivity contribution in [3.8, 4) is 50.6 Å². The Kier molecular flexibility index (Phi) is 13.6. The lowest BCUT2D eigenvalue weighted by molar-refractivity contribution is 0.487. The SMILES string of the molecule is Cc1cccc(C)c1-c1ccc(N2c3ccc(-c4c(C)cccc4C)cc3B3c4cc5c(cc4N(c4ccccc4)c4cc(-c6c(C)cccc6C)cc2c43)Oc2cc(-n3c4ccc(C(C)(C)C)cc4c4cc(C(C)(C)C)ccc43)cc3c2B5c2ccccc2N3c2ccccc2)cc1. The highest BCUT2D eigenvalue weighted by Crippen LogP contribution is 2.51. The molecule has 0 atom stereocenters. The van der Waals surface area contributed by atoms with Crippen LogP contribution < -0.4 is 52.2 Å². The van der Waals surface area contributed by atoms with Gasteiger partial charge in [-0.1, -0.05) is 193 Å². The quantitative estimate of drug-likeness (QED) is 0.148. The largest absolute Gasteiger partial charge is 0.458 e. The Morgan fingerprint density at radius 2 is 0.727 bits per heavy atom. The Labute approximate surface area is 583 Å². The summed E-state index contributed by atoms with van der Waals surface area (Å²) < 4.78 is 10.4. The Hall–Kier alpha value is -11.0. The summed E-state index contributed by atoms with van der Waals surface area (Å²) in [5.41, 5.74) is 38.3. The van der Waals surface area contributed by atoms with Crippen molar-refractivity contribution in [3.63, 3.8) is 0 Å². The standard InChI is InChI=1S/C92H78B2N4O/c1-55-24-21-25-56(2)86(55)61-36-41-68(42-37-61)96-79-43-38-62(87-57(3)26-22-27-58(87)4)46-73(79)94-74-53-75-84(54-80(74)97(67-32-17-14-18-33-67)82-48-63(47-81(96)89(82)94)88-59(5)28-23-29-60(88)6)99-85-52-69(51-83-90(85)93(75)72-34-19-20-35-78(72)95(83)66-30-15-13-16-31-66)98-76-44-39-64(91(7,8)9)49-70(76)71-50-65(92(10,11)12)40-45-77(71)98/h13-54H,1-12H3. The average Bonchev–Trinajstić information content (AvgIpc) is 0.936. The van der Waals surface area contributed by atoms with Crippen LogP contribution in [0.15, 0.2) is 255 Å². The molecule has 0 radical (unpaired) electrons. The van der Waals surface area contributed by atoms with Gasteiger partial charge in [0, 0.05) is 74.1 Å². The number of anilines is 9. The Bertz CT molecular complexity index is 5580. The fraction of sp³-hybridized carbons (Fsp3) is 0.152. The highest BCUT2D eigenvalue weighted by atomic mass is 16.5. The van der Waals surface area contributed by atoms with Gasteiger partial charge in [-0.15, -0.1) is 0 Å². The van der Waals surface area contributed by atoms with E-state index < -0.39 is 0 Å². The van der Waals surface area contributed by atoms with E-state index in [0.717, 1.165) is 73.6 Å². The molecule has 5 heterocycles. The average molecular weight is 1280 g/mol. The molecule has 0 unspecified atom stereocenters. The number of fused-ring (bicyclic) bond motifs is 11. The third-order valence-electron chi connectivity index (χ3n) is 22.1. The van der Waals surface area contributed by atoms with Crippen molar-refractivity contribution in [1.29, 1.82) is 0 Å². The molecular formula is C92H78B2N4O. The Morgan fingerprint density at radius 3 is 1.27 bits per heavy atom. The van der Waals surface area contributed by atoms with Crippen molar-refractivity contribution in [2.45, 2.75) is 93.9 Å². The summed E-state index contributed by atoms with van der Waals surface area (Å²) >= 11 is 0. The molecule has 4 aliphatic rings. The van der Waals surface area contributed by atoms with Gasteiger partial charge in [0.15, 0.2) is 0 Å². The highest BCUT2D eigenvalue weighted by molar-refractivity contribution is 7.02.